The predicted molar refractivity (Wildman–Crippen MR) is 110 cm³/mol. The molecule has 0 spiro atoms. The third-order valence-electron chi connectivity index (χ3n) is 8.04. The van der Waals surface area contributed by atoms with Crippen molar-refractivity contribution in [2.75, 3.05) is 20.2 Å². The van der Waals surface area contributed by atoms with Crippen LogP contribution >= 0.6 is 12.4 Å². The van der Waals surface area contributed by atoms with Crippen molar-refractivity contribution in [3.63, 3.8) is 0 Å². The number of carbonyl (C=O) groups excluding carboxylic acids is 1. The van der Waals surface area contributed by atoms with Crippen LogP contribution in [0.1, 0.15) is 56.6 Å². The van der Waals surface area contributed by atoms with Gasteiger partial charge in [0.1, 0.15) is 11.5 Å². The number of ether oxygens (including phenoxy) is 1. The van der Waals surface area contributed by atoms with Gasteiger partial charge in [-0.2, -0.15) is 0 Å². The molecule has 4 aliphatic rings. The molecule has 0 aromatic heterocycles. The maximum Gasteiger partial charge on any atom is 0.134 e. The molecule has 0 N–H and O–H groups in total. The molecule has 3 fully saturated rings. The minimum absolute atomic E-state index is 0. The summed E-state index contributed by atoms with van der Waals surface area (Å²) in [7, 11) is 1.75. The number of halogens is 1. The molecule has 148 valence electrons. The van der Waals surface area contributed by atoms with Gasteiger partial charge < -0.3 is 4.74 Å². The van der Waals surface area contributed by atoms with E-state index in [9.17, 15) is 4.79 Å². The fourth-order valence-electron chi connectivity index (χ4n) is 6.76. The lowest BCUT2D eigenvalue weighted by atomic mass is 9.49. The van der Waals surface area contributed by atoms with E-state index in [1.165, 1.54) is 36.9 Å². The van der Waals surface area contributed by atoms with Crippen LogP contribution in [-0.4, -0.2) is 36.9 Å². The summed E-state index contributed by atoms with van der Waals surface area (Å²) in [5, 5.41) is 0. The van der Waals surface area contributed by atoms with Crippen LogP contribution in [0.4, 0.5) is 0 Å². The number of fused-ring (bicyclic) bond motifs is 1. The molecule has 1 aromatic rings. The number of rotatable bonds is 3. The first-order chi connectivity index (χ1) is 12.6. The van der Waals surface area contributed by atoms with E-state index in [1.54, 1.807) is 7.11 Å². The Balaban J connectivity index is 0.00000180. The maximum absolute atomic E-state index is 12.7. The second-order valence-electron chi connectivity index (χ2n) is 9.42. The smallest absolute Gasteiger partial charge is 0.134 e. The first-order valence-electron chi connectivity index (χ1n) is 10.5. The number of nitrogens with zero attached hydrogens (tertiary/aromatic N) is 1. The zero-order valence-electron chi connectivity index (χ0n) is 16.6. The highest BCUT2D eigenvalue weighted by molar-refractivity contribution is 5.85. The van der Waals surface area contributed by atoms with Crippen LogP contribution in [0, 0.1) is 17.8 Å². The largest absolute Gasteiger partial charge is 0.497 e. The Bertz CT molecular complexity index is 731. The summed E-state index contributed by atoms with van der Waals surface area (Å²) < 4.78 is 5.55. The molecule has 2 bridgehead atoms. The summed E-state index contributed by atoms with van der Waals surface area (Å²) in [6, 6.07) is 7.25. The van der Waals surface area contributed by atoms with E-state index in [-0.39, 0.29) is 17.8 Å². The third-order valence-corrected chi connectivity index (χ3v) is 8.04. The van der Waals surface area contributed by atoms with Gasteiger partial charge in [-0.05, 0) is 73.2 Å². The van der Waals surface area contributed by atoms with Gasteiger partial charge in [0.05, 0.1) is 7.11 Å². The van der Waals surface area contributed by atoms with Crippen molar-refractivity contribution >= 4 is 18.2 Å². The lowest BCUT2D eigenvalue weighted by molar-refractivity contribution is -0.131. The van der Waals surface area contributed by atoms with E-state index >= 15 is 0 Å². The fraction of sp³-hybridized carbons (Fsp3) is 0.696. The summed E-state index contributed by atoms with van der Waals surface area (Å²) >= 11 is 0. The normalized spacial score (nSPS) is 35.5. The van der Waals surface area contributed by atoms with E-state index < -0.39 is 0 Å². The average Bonchev–Trinajstić information content (AvgIpc) is 2.58. The number of ketones is 1. The van der Waals surface area contributed by atoms with Crippen molar-refractivity contribution in [1.82, 2.24) is 4.90 Å². The fourth-order valence-corrected chi connectivity index (χ4v) is 6.76. The number of benzene rings is 1. The average molecular weight is 390 g/mol. The number of hydrogen-bond donors (Lipinski definition) is 0. The highest BCUT2D eigenvalue weighted by Gasteiger charge is 2.58. The number of likely N-dealkylation sites (tertiary alicyclic amines) is 1. The van der Waals surface area contributed by atoms with E-state index in [0.29, 0.717) is 23.7 Å². The van der Waals surface area contributed by atoms with Gasteiger partial charge in [-0.1, -0.05) is 19.4 Å². The van der Waals surface area contributed by atoms with E-state index in [1.807, 2.05) is 0 Å². The third kappa shape index (κ3) is 2.93. The van der Waals surface area contributed by atoms with Gasteiger partial charge in [0, 0.05) is 30.8 Å². The molecule has 4 heteroatoms. The molecule has 4 atom stereocenters. The van der Waals surface area contributed by atoms with Crippen molar-refractivity contribution in [2.45, 2.75) is 63.3 Å². The van der Waals surface area contributed by atoms with E-state index in [0.717, 1.165) is 43.9 Å². The van der Waals surface area contributed by atoms with Crippen LogP contribution in [0.15, 0.2) is 18.2 Å². The van der Waals surface area contributed by atoms with E-state index in [4.69, 9.17) is 4.74 Å². The van der Waals surface area contributed by atoms with Crippen molar-refractivity contribution in [3.8, 4) is 5.75 Å². The zero-order valence-corrected chi connectivity index (χ0v) is 17.4. The Labute approximate surface area is 169 Å². The Morgan fingerprint density at radius 3 is 2.78 bits per heavy atom. The summed E-state index contributed by atoms with van der Waals surface area (Å²) in [4.78, 5) is 15.5. The lowest BCUT2D eigenvalue weighted by Crippen LogP contribution is -2.64. The van der Waals surface area contributed by atoms with Crippen LogP contribution in [0.2, 0.25) is 0 Å². The maximum atomic E-state index is 12.7. The molecular weight excluding hydrogens is 358 g/mol. The van der Waals surface area contributed by atoms with Gasteiger partial charge in [0.15, 0.2) is 0 Å². The van der Waals surface area contributed by atoms with Gasteiger partial charge in [0.2, 0.25) is 0 Å². The number of methoxy groups -OCH3 is 1. The Morgan fingerprint density at radius 1 is 1.26 bits per heavy atom. The summed E-state index contributed by atoms with van der Waals surface area (Å²) in [6.07, 6.45) is 8.06. The molecule has 27 heavy (non-hydrogen) atoms. The van der Waals surface area contributed by atoms with Crippen LogP contribution < -0.4 is 4.74 Å². The van der Waals surface area contributed by atoms with Gasteiger partial charge in [-0.15, -0.1) is 12.4 Å². The predicted octanol–water partition coefficient (Wildman–Crippen LogP) is 4.40. The molecule has 2 saturated carbocycles. The Hall–Kier alpha value is -1.06. The SMILES string of the molecule is COc1ccc2c(c1)C13CCN(CC4CCC4)C(C2)C1[C@@H](C)CC(=O)C3.Cl. The quantitative estimate of drug-likeness (QED) is 0.767. The van der Waals surface area contributed by atoms with E-state index in [2.05, 4.69) is 30.0 Å². The number of carbonyl (C=O) groups is 1. The molecule has 5 rings (SSSR count). The second kappa shape index (κ2) is 7.08. The van der Waals surface area contributed by atoms with Crippen molar-refractivity contribution < 1.29 is 9.53 Å². The minimum Gasteiger partial charge on any atom is -0.497 e. The van der Waals surface area contributed by atoms with Gasteiger partial charge in [-0.3, -0.25) is 9.69 Å². The number of hydrogen-bond acceptors (Lipinski definition) is 3. The lowest BCUT2D eigenvalue weighted by Gasteiger charge is -2.61. The van der Waals surface area contributed by atoms with Gasteiger partial charge in [-0.25, -0.2) is 0 Å². The molecular formula is C23H32ClNO2. The zero-order chi connectivity index (χ0) is 17.9. The molecule has 3 unspecified atom stereocenters. The first kappa shape index (κ1) is 19.3. The molecule has 3 aliphatic carbocycles. The Morgan fingerprint density at radius 2 is 2.07 bits per heavy atom. The number of Topliss-reactive ketones (excluding diaryl/α,β-unsaturated/α-hetero) is 1. The Kier molecular flexibility index (Phi) is 5.05. The van der Waals surface area contributed by atoms with Crippen LogP contribution in [0.3, 0.4) is 0 Å². The second-order valence-corrected chi connectivity index (χ2v) is 9.42. The molecule has 1 saturated heterocycles. The van der Waals surface area contributed by atoms with Gasteiger partial charge >= 0.3 is 0 Å². The first-order valence-corrected chi connectivity index (χ1v) is 10.5. The molecule has 1 aromatic carbocycles. The summed E-state index contributed by atoms with van der Waals surface area (Å²) in [5.41, 5.74) is 2.95. The summed E-state index contributed by atoms with van der Waals surface area (Å²) in [6.45, 7) is 4.78. The highest BCUT2D eigenvalue weighted by atomic mass is 35.5. The van der Waals surface area contributed by atoms with Gasteiger partial charge in [0.25, 0.3) is 0 Å². The highest BCUT2D eigenvalue weighted by Crippen LogP contribution is 2.57. The minimum atomic E-state index is 0. The van der Waals surface area contributed by atoms with Crippen molar-refractivity contribution in [1.29, 1.82) is 0 Å². The number of piperidine rings is 1. The monoisotopic (exact) mass is 389 g/mol. The summed E-state index contributed by atoms with van der Waals surface area (Å²) in [5.74, 6) is 3.44. The van der Waals surface area contributed by atoms with Crippen LogP contribution in [0.25, 0.3) is 0 Å². The standard InChI is InChI=1S/C23H31NO2.ClH/c1-15-10-18(25)13-23-8-9-24(14-16-4-3-5-16)21(22(15)23)11-17-6-7-19(26-2)12-20(17)23;/h6-7,12,15-16,21-22H,3-5,8-11,13-14H2,1-2H3;1H/t15-,21?,22?,23?;/m0./s1. The topological polar surface area (TPSA) is 29.5 Å². The van der Waals surface area contributed by atoms with Crippen LogP contribution in [-0.2, 0) is 16.6 Å². The van der Waals surface area contributed by atoms with Crippen molar-refractivity contribution in [3.05, 3.63) is 29.3 Å². The molecule has 0 amide bonds. The molecule has 1 aliphatic heterocycles. The molecule has 1 heterocycles. The molecule has 0 radical (unpaired) electrons. The molecule has 3 nitrogen and oxygen atoms in total. The van der Waals surface area contributed by atoms with Crippen molar-refractivity contribution in [2.24, 2.45) is 17.8 Å². The van der Waals surface area contributed by atoms with Crippen LogP contribution in [0.5, 0.6) is 5.75 Å².